The lowest BCUT2D eigenvalue weighted by molar-refractivity contribution is -0.148. The van der Waals surface area contributed by atoms with E-state index < -0.39 is 11.5 Å². The van der Waals surface area contributed by atoms with Gasteiger partial charge in [0.15, 0.2) is 0 Å². The van der Waals surface area contributed by atoms with Crippen LogP contribution in [-0.4, -0.2) is 22.5 Å². The van der Waals surface area contributed by atoms with Crippen molar-refractivity contribution in [2.45, 2.75) is 31.7 Å². The van der Waals surface area contributed by atoms with Gasteiger partial charge in [-0.2, -0.15) is 0 Å². The van der Waals surface area contributed by atoms with Crippen molar-refractivity contribution in [2.75, 3.05) is 0 Å². The fraction of sp³-hybridized carbons (Fsp3) is 0.294. The average Bonchev–Trinajstić information content (AvgIpc) is 2.85. The summed E-state index contributed by atoms with van der Waals surface area (Å²) in [6.07, 6.45) is 1.73. The first-order valence-electron chi connectivity index (χ1n) is 7.33. The Labute approximate surface area is 137 Å². The quantitative estimate of drug-likeness (QED) is 0.898. The molecule has 1 aliphatic carbocycles. The predicted octanol–water partition coefficient (Wildman–Crippen LogP) is 3.60. The molecule has 0 saturated heterocycles. The van der Waals surface area contributed by atoms with Crippen LogP contribution < -0.4 is 5.32 Å². The van der Waals surface area contributed by atoms with Crippen LogP contribution in [0.25, 0.3) is 10.4 Å². The van der Waals surface area contributed by atoms with Crippen molar-refractivity contribution >= 4 is 23.2 Å². The Hall–Kier alpha value is -2.21. The van der Waals surface area contributed by atoms with Gasteiger partial charge in [0.25, 0.3) is 5.91 Å². The van der Waals surface area contributed by atoms with E-state index >= 15 is 0 Å². The Kier molecular flexibility index (Phi) is 3.93. The summed E-state index contributed by atoms with van der Waals surface area (Å²) in [7, 11) is 0. The van der Waals surface area contributed by atoms with Gasteiger partial charge in [-0.1, -0.05) is 12.1 Å². The lowest BCUT2D eigenvalue weighted by Gasteiger charge is -2.38. The molecule has 120 valence electrons. The zero-order valence-corrected chi connectivity index (χ0v) is 13.4. The molecule has 0 radical (unpaired) electrons. The molecule has 1 aromatic heterocycles. The number of hydrogen-bond acceptors (Lipinski definition) is 3. The molecule has 1 saturated carbocycles. The minimum Gasteiger partial charge on any atom is -0.480 e. The Bertz CT molecular complexity index is 763. The highest BCUT2D eigenvalue weighted by Crippen LogP contribution is 2.35. The van der Waals surface area contributed by atoms with Crippen molar-refractivity contribution in [1.29, 1.82) is 0 Å². The molecule has 1 heterocycles. The molecule has 1 amide bonds. The molecule has 1 aliphatic rings. The van der Waals surface area contributed by atoms with E-state index in [1.165, 1.54) is 23.5 Å². The predicted molar refractivity (Wildman–Crippen MR) is 86.1 cm³/mol. The van der Waals surface area contributed by atoms with E-state index in [2.05, 4.69) is 5.32 Å². The monoisotopic (exact) mass is 333 g/mol. The standard InChI is InChI=1S/C17H16FNO3S/c1-10-9-13(15(20)19-17(16(21)22)7-2-8-17)23-14(10)11-3-5-12(18)6-4-11/h3-6,9H,2,7-8H2,1H3,(H,19,20)(H,21,22). The second-order valence-corrected chi connectivity index (χ2v) is 6.88. The number of benzene rings is 1. The highest BCUT2D eigenvalue weighted by Gasteiger charge is 2.45. The van der Waals surface area contributed by atoms with Crippen molar-refractivity contribution in [3.8, 4) is 10.4 Å². The van der Waals surface area contributed by atoms with Gasteiger partial charge in [-0.3, -0.25) is 4.79 Å². The Morgan fingerprint density at radius 1 is 1.26 bits per heavy atom. The summed E-state index contributed by atoms with van der Waals surface area (Å²) in [6, 6.07) is 7.83. The van der Waals surface area contributed by atoms with Gasteiger partial charge < -0.3 is 10.4 Å². The van der Waals surface area contributed by atoms with Crippen LogP contribution in [-0.2, 0) is 4.79 Å². The third-order valence-electron chi connectivity index (χ3n) is 4.22. The van der Waals surface area contributed by atoms with Crippen molar-refractivity contribution in [1.82, 2.24) is 5.32 Å². The second-order valence-electron chi connectivity index (χ2n) is 5.82. The second kappa shape index (κ2) is 5.77. The van der Waals surface area contributed by atoms with Crippen LogP contribution in [0, 0.1) is 12.7 Å². The SMILES string of the molecule is Cc1cc(C(=O)NC2(C(=O)O)CCC2)sc1-c1ccc(F)cc1. The van der Waals surface area contributed by atoms with Crippen molar-refractivity contribution in [3.63, 3.8) is 0 Å². The summed E-state index contributed by atoms with van der Waals surface area (Å²) < 4.78 is 13.0. The maximum absolute atomic E-state index is 13.0. The number of aryl methyl sites for hydroxylation is 1. The summed E-state index contributed by atoms with van der Waals surface area (Å²) in [4.78, 5) is 25.1. The first-order chi connectivity index (χ1) is 10.9. The highest BCUT2D eigenvalue weighted by molar-refractivity contribution is 7.17. The first-order valence-corrected chi connectivity index (χ1v) is 8.15. The topological polar surface area (TPSA) is 66.4 Å². The van der Waals surface area contributed by atoms with Gasteiger partial charge in [0.05, 0.1) is 4.88 Å². The normalized spacial score (nSPS) is 15.7. The number of rotatable bonds is 4. The molecule has 0 unspecified atom stereocenters. The van der Waals surface area contributed by atoms with E-state index in [1.807, 2.05) is 6.92 Å². The van der Waals surface area contributed by atoms with Crippen LogP contribution in [0.1, 0.15) is 34.5 Å². The summed E-state index contributed by atoms with van der Waals surface area (Å²) >= 11 is 1.29. The van der Waals surface area contributed by atoms with E-state index in [0.29, 0.717) is 17.7 Å². The number of amides is 1. The molecule has 1 aromatic carbocycles. The van der Waals surface area contributed by atoms with Crippen molar-refractivity contribution in [2.24, 2.45) is 0 Å². The Morgan fingerprint density at radius 2 is 1.91 bits per heavy atom. The molecule has 2 N–H and O–H groups in total. The summed E-state index contributed by atoms with van der Waals surface area (Å²) in [5.74, 6) is -1.66. The fourth-order valence-electron chi connectivity index (χ4n) is 2.68. The smallest absolute Gasteiger partial charge is 0.329 e. The van der Waals surface area contributed by atoms with Crippen LogP contribution in [0.15, 0.2) is 30.3 Å². The minimum atomic E-state index is -1.12. The number of aliphatic carboxylic acids is 1. The zero-order valence-electron chi connectivity index (χ0n) is 12.6. The van der Waals surface area contributed by atoms with Crippen LogP contribution in [0.4, 0.5) is 4.39 Å². The van der Waals surface area contributed by atoms with E-state index in [4.69, 9.17) is 0 Å². The summed E-state index contributed by atoms with van der Waals surface area (Å²) in [6.45, 7) is 1.88. The zero-order chi connectivity index (χ0) is 16.6. The lowest BCUT2D eigenvalue weighted by Crippen LogP contribution is -2.59. The van der Waals surface area contributed by atoms with Gasteiger partial charge in [0, 0.05) is 4.88 Å². The third-order valence-corrected chi connectivity index (χ3v) is 5.50. The summed E-state index contributed by atoms with van der Waals surface area (Å²) in [5.41, 5.74) is 0.625. The van der Waals surface area contributed by atoms with Crippen LogP contribution in [0.3, 0.4) is 0 Å². The summed E-state index contributed by atoms with van der Waals surface area (Å²) in [5, 5.41) is 12.0. The molecule has 3 rings (SSSR count). The highest BCUT2D eigenvalue weighted by atomic mass is 32.1. The molecule has 0 aliphatic heterocycles. The van der Waals surface area contributed by atoms with Gasteiger partial charge in [-0.25, -0.2) is 9.18 Å². The van der Waals surface area contributed by atoms with E-state index in [0.717, 1.165) is 22.4 Å². The molecule has 0 bridgehead atoms. The average molecular weight is 333 g/mol. The fourth-order valence-corrected chi connectivity index (χ4v) is 3.76. The molecule has 6 heteroatoms. The van der Waals surface area contributed by atoms with Crippen LogP contribution >= 0.6 is 11.3 Å². The molecule has 0 spiro atoms. The number of carboxylic acid groups (broad SMARTS) is 1. The van der Waals surface area contributed by atoms with Crippen molar-refractivity contribution in [3.05, 3.63) is 46.6 Å². The number of carbonyl (C=O) groups is 2. The van der Waals surface area contributed by atoms with Crippen LogP contribution in [0.2, 0.25) is 0 Å². The number of halogens is 1. The Morgan fingerprint density at radius 3 is 2.43 bits per heavy atom. The van der Waals surface area contributed by atoms with E-state index in [-0.39, 0.29) is 11.7 Å². The van der Waals surface area contributed by atoms with E-state index in [1.54, 1.807) is 18.2 Å². The van der Waals surface area contributed by atoms with Gasteiger partial charge in [-0.15, -0.1) is 11.3 Å². The number of thiophene rings is 1. The number of nitrogens with one attached hydrogen (secondary N) is 1. The number of hydrogen-bond donors (Lipinski definition) is 2. The minimum absolute atomic E-state index is 0.311. The largest absolute Gasteiger partial charge is 0.480 e. The molecule has 23 heavy (non-hydrogen) atoms. The van der Waals surface area contributed by atoms with Crippen molar-refractivity contribution < 1.29 is 19.1 Å². The van der Waals surface area contributed by atoms with Gasteiger partial charge in [0.2, 0.25) is 0 Å². The molecular formula is C17H16FNO3S. The maximum atomic E-state index is 13.0. The molecule has 2 aromatic rings. The Balaban J connectivity index is 1.84. The van der Waals surface area contributed by atoms with Gasteiger partial charge >= 0.3 is 5.97 Å². The maximum Gasteiger partial charge on any atom is 0.329 e. The van der Waals surface area contributed by atoms with Crippen LogP contribution in [0.5, 0.6) is 0 Å². The number of carboxylic acids is 1. The van der Waals surface area contributed by atoms with Gasteiger partial charge in [-0.05, 0) is 55.5 Å². The number of carbonyl (C=O) groups excluding carboxylic acids is 1. The first kappa shape index (κ1) is 15.7. The molecule has 0 atom stereocenters. The van der Waals surface area contributed by atoms with Gasteiger partial charge in [0.1, 0.15) is 11.4 Å². The molecule has 1 fully saturated rings. The molecular weight excluding hydrogens is 317 g/mol. The lowest BCUT2D eigenvalue weighted by atomic mass is 9.77. The van der Waals surface area contributed by atoms with E-state index in [9.17, 15) is 19.1 Å². The third kappa shape index (κ3) is 2.86. The molecule has 4 nitrogen and oxygen atoms in total.